The topological polar surface area (TPSA) is 34.1 Å². The minimum atomic E-state index is 0. The van der Waals surface area contributed by atoms with E-state index in [1.165, 1.54) is 0 Å². The van der Waals surface area contributed by atoms with Crippen LogP contribution in [0.3, 0.4) is 0 Å². The van der Waals surface area contributed by atoms with Gasteiger partial charge in [0.1, 0.15) is 5.78 Å². The molecule has 0 atom stereocenters. The standard InChI is InChI=1S/2C7H7O.Ru/c2*1-6(8)7-4-2-3-5-7;/h2*2-5H,1H3;/q-5;-1;. The number of hydrogen-bond acceptors (Lipinski definition) is 2. The summed E-state index contributed by atoms with van der Waals surface area (Å²) in [6, 6.07) is 14.7. The van der Waals surface area contributed by atoms with Crippen molar-refractivity contribution in [1.29, 1.82) is 0 Å². The zero-order chi connectivity index (χ0) is 12.0. The van der Waals surface area contributed by atoms with Crippen molar-refractivity contribution in [2.24, 2.45) is 0 Å². The third-order valence-electron chi connectivity index (χ3n) is 2.14. The third-order valence-corrected chi connectivity index (χ3v) is 2.14. The average molecular weight is 315 g/mol. The van der Waals surface area contributed by atoms with Gasteiger partial charge in [-0.05, 0) is 6.92 Å². The van der Waals surface area contributed by atoms with Crippen LogP contribution in [-0.2, 0) is 19.5 Å². The van der Waals surface area contributed by atoms with Crippen molar-refractivity contribution in [2.75, 3.05) is 0 Å². The van der Waals surface area contributed by atoms with E-state index in [0.717, 1.165) is 11.1 Å². The summed E-state index contributed by atoms with van der Waals surface area (Å²) < 4.78 is 0. The van der Waals surface area contributed by atoms with Crippen molar-refractivity contribution >= 4 is 11.6 Å². The molecule has 0 aliphatic heterocycles. The van der Waals surface area contributed by atoms with E-state index >= 15 is 0 Å². The van der Waals surface area contributed by atoms with E-state index in [0.29, 0.717) is 0 Å². The second-order valence-corrected chi connectivity index (χ2v) is 3.46. The molecule has 0 saturated heterocycles. The maximum atomic E-state index is 10.5. The van der Waals surface area contributed by atoms with Crippen LogP contribution in [0.15, 0.2) is 48.5 Å². The van der Waals surface area contributed by atoms with Crippen LogP contribution in [0.5, 0.6) is 0 Å². The van der Waals surface area contributed by atoms with Gasteiger partial charge in [-0.25, -0.2) is 12.1 Å². The van der Waals surface area contributed by atoms with E-state index in [1.807, 2.05) is 48.5 Å². The van der Waals surface area contributed by atoms with Gasteiger partial charge in [-0.3, -0.25) is 5.78 Å². The smallest absolute Gasteiger partial charge is 0.105 e. The number of rotatable bonds is 2. The molecule has 17 heavy (non-hydrogen) atoms. The number of hydrogen-bond donors (Lipinski definition) is 0. The van der Waals surface area contributed by atoms with Crippen LogP contribution in [0.4, 0.5) is 0 Å². The Morgan fingerprint density at radius 3 is 1.65 bits per heavy atom. The van der Waals surface area contributed by atoms with E-state index in [1.54, 1.807) is 13.8 Å². The van der Waals surface area contributed by atoms with E-state index in [9.17, 15) is 9.59 Å². The number of Topliss-reactive ketones (excluding diaryl/α,β-unsaturated/α-hetero) is 2. The van der Waals surface area contributed by atoms with E-state index in [4.69, 9.17) is 0 Å². The van der Waals surface area contributed by atoms with Crippen LogP contribution in [-0.4, -0.2) is 11.6 Å². The maximum Gasteiger partial charge on any atom is 0.105 e. The molecule has 0 spiro atoms. The van der Waals surface area contributed by atoms with E-state index in [-0.39, 0.29) is 31.0 Å². The fourth-order valence-electron chi connectivity index (χ4n) is 1.22. The molecule has 2 aromatic carbocycles. The summed E-state index contributed by atoms with van der Waals surface area (Å²) in [6.07, 6.45) is 0. The SMILES string of the molecule is CC(=O)[c-]1[cH-][cH-][cH-][cH-]1.CC(=O)[c-]1cccc1.[Ru]. The van der Waals surface area contributed by atoms with E-state index in [2.05, 4.69) is 0 Å². The Kier molecular flexibility index (Phi) is 7.24. The molecule has 0 radical (unpaired) electrons. The molecule has 2 aromatic rings. The van der Waals surface area contributed by atoms with Crippen molar-refractivity contribution in [2.45, 2.75) is 13.8 Å². The Labute approximate surface area is 114 Å². The molecule has 0 heterocycles. The predicted octanol–water partition coefficient (Wildman–Crippen LogP) is 3.21. The molecular weight excluding hydrogens is 301 g/mol. The molecular formula is C14H14O2Ru-6. The quantitative estimate of drug-likeness (QED) is 0.484. The summed E-state index contributed by atoms with van der Waals surface area (Å²) >= 11 is 0. The zero-order valence-electron chi connectivity index (χ0n) is 9.79. The summed E-state index contributed by atoms with van der Waals surface area (Å²) in [4.78, 5) is 21.0. The van der Waals surface area contributed by atoms with Crippen molar-refractivity contribution in [1.82, 2.24) is 0 Å². The predicted molar refractivity (Wildman–Crippen MR) is 64.1 cm³/mol. The first-order valence-electron chi connectivity index (χ1n) is 5.06. The third kappa shape index (κ3) is 5.51. The minimum absolute atomic E-state index is 0. The molecule has 0 aliphatic carbocycles. The Morgan fingerprint density at radius 1 is 0.941 bits per heavy atom. The first-order chi connectivity index (χ1) is 7.61. The first-order valence-corrected chi connectivity index (χ1v) is 5.06. The summed E-state index contributed by atoms with van der Waals surface area (Å²) in [6.45, 7) is 3.13. The molecule has 2 nitrogen and oxygen atoms in total. The fourth-order valence-corrected chi connectivity index (χ4v) is 1.22. The molecule has 0 aliphatic rings. The number of carbonyl (C=O) groups excluding carboxylic acids is 2. The van der Waals surface area contributed by atoms with Gasteiger partial charge in [-0.2, -0.15) is 12.1 Å². The van der Waals surface area contributed by atoms with Gasteiger partial charge < -0.3 is 39.4 Å². The Morgan fingerprint density at radius 2 is 1.41 bits per heavy atom. The minimum Gasteiger partial charge on any atom is -0.718 e. The summed E-state index contributed by atoms with van der Waals surface area (Å²) in [5, 5.41) is 0. The van der Waals surface area contributed by atoms with Crippen LogP contribution < -0.4 is 0 Å². The molecule has 3 heteroatoms. The number of ketones is 2. The van der Waals surface area contributed by atoms with E-state index < -0.39 is 0 Å². The molecule has 0 amide bonds. The van der Waals surface area contributed by atoms with Crippen LogP contribution >= 0.6 is 0 Å². The summed E-state index contributed by atoms with van der Waals surface area (Å²) in [5.74, 6) is 0.269. The molecule has 0 aromatic heterocycles. The Hall–Kier alpha value is -1.34. The fraction of sp³-hybridized carbons (Fsp3) is 0.143. The largest absolute Gasteiger partial charge is 0.718 e. The van der Waals surface area contributed by atoms with Crippen molar-refractivity contribution in [3.63, 3.8) is 0 Å². The Bertz CT molecular complexity index is 394. The second-order valence-electron chi connectivity index (χ2n) is 3.46. The monoisotopic (exact) mass is 316 g/mol. The van der Waals surface area contributed by atoms with Gasteiger partial charge in [0.25, 0.3) is 0 Å². The van der Waals surface area contributed by atoms with Crippen LogP contribution in [0.25, 0.3) is 0 Å². The van der Waals surface area contributed by atoms with Gasteiger partial charge in [-0.15, -0.1) is 6.92 Å². The van der Waals surface area contributed by atoms with Gasteiger partial charge in [-0.1, -0.05) is 5.56 Å². The molecule has 0 fully saturated rings. The number of carbonyl (C=O) groups is 2. The van der Waals surface area contributed by atoms with Crippen LogP contribution in [0.2, 0.25) is 0 Å². The van der Waals surface area contributed by atoms with Gasteiger partial charge in [0.15, 0.2) is 0 Å². The Balaban J connectivity index is 0.000000284. The maximum absolute atomic E-state index is 10.5. The average Bonchev–Trinajstić information content (AvgIpc) is 2.93. The summed E-state index contributed by atoms with van der Waals surface area (Å²) in [5.41, 5.74) is 1.59. The second kappa shape index (κ2) is 7.86. The van der Waals surface area contributed by atoms with Crippen molar-refractivity contribution in [3.8, 4) is 0 Å². The summed E-state index contributed by atoms with van der Waals surface area (Å²) in [7, 11) is 0. The molecule has 0 bridgehead atoms. The molecule has 2 rings (SSSR count). The molecule has 0 unspecified atom stereocenters. The molecule has 0 saturated carbocycles. The van der Waals surface area contributed by atoms with Gasteiger partial charge in [0.2, 0.25) is 0 Å². The zero-order valence-corrected chi connectivity index (χ0v) is 11.5. The van der Waals surface area contributed by atoms with Crippen LogP contribution in [0.1, 0.15) is 34.6 Å². The van der Waals surface area contributed by atoms with Gasteiger partial charge >= 0.3 is 0 Å². The van der Waals surface area contributed by atoms with Crippen molar-refractivity contribution < 1.29 is 29.1 Å². The molecule has 0 N–H and O–H groups in total. The first kappa shape index (κ1) is 15.7. The molecule has 96 valence electrons. The van der Waals surface area contributed by atoms with Crippen LogP contribution in [0, 0.1) is 0 Å². The normalized spacial score (nSPS) is 8.59. The van der Waals surface area contributed by atoms with Gasteiger partial charge in [0, 0.05) is 19.5 Å². The van der Waals surface area contributed by atoms with Gasteiger partial charge in [0.05, 0.1) is 0 Å². The van der Waals surface area contributed by atoms with Crippen molar-refractivity contribution in [3.05, 3.63) is 59.7 Å².